The van der Waals surface area contributed by atoms with Crippen LogP contribution in [0.15, 0.2) is 157 Å². The van der Waals surface area contributed by atoms with E-state index in [1.165, 1.54) is 66.1 Å². The zero-order chi connectivity index (χ0) is 31.2. The van der Waals surface area contributed by atoms with Crippen LogP contribution in [0.3, 0.4) is 0 Å². The average molecular weight is 585 g/mol. The Morgan fingerprint density at radius 3 is 2.04 bits per heavy atom. The quantitative estimate of drug-likeness (QED) is 0.136. The van der Waals surface area contributed by atoms with Crippen molar-refractivity contribution in [1.82, 2.24) is 0 Å². The van der Waals surface area contributed by atoms with Gasteiger partial charge in [-0.15, -0.1) is 0 Å². The fourth-order valence-electron chi connectivity index (χ4n) is 6.99. The van der Waals surface area contributed by atoms with Crippen LogP contribution >= 0.6 is 0 Å². The lowest BCUT2D eigenvalue weighted by molar-refractivity contribution is 0.789. The van der Waals surface area contributed by atoms with Crippen molar-refractivity contribution >= 4 is 32.7 Å². The molecule has 0 spiro atoms. The van der Waals surface area contributed by atoms with Crippen molar-refractivity contribution in [3.63, 3.8) is 0 Å². The molecule has 0 radical (unpaired) electrons. The van der Waals surface area contributed by atoms with Gasteiger partial charge >= 0.3 is 0 Å². The summed E-state index contributed by atoms with van der Waals surface area (Å²) in [5, 5.41) is 5.19. The first-order valence-corrected chi connectivity index (χ1v) is 16.6. The number of fused-ring (bicyclic) bond motifs is 2. The fraction of sp³-hybridized carbons (Fsp3) is 0.200. The summed E-state index contributed by atoms with van der Waals surface area (Å²) in [4.78, 5) is 0. The van der Waals surface area contributed by atoms with Crippen molar-refractivity contribution in [3.05, 3.63) is 179 Å². The minimum absolute atomic E-state index is 0.336. The molecule has 0 amide bonds. The summed E-state index contributed by atoms with van der Waals surface area (Å²) in [5.74, 6) is 0.336. The molecule has 1 unspecified atom stereocenters. The molecule has 0 heteroatoms. The second kappa shape index (κ2) is 14.0. The molecule has 0 heterocycles. The third kappa shape index (κ3) is 6.29. The number of rotatable bonds is 9. The molecule has 0 N–H and O–H groups in total. The largest absolute Gasteiger partial charge is 0.0952 e. The van der Waals surface area contributed by atoms with Crippen LogP contribution in [-0.2, 0) is 6.42 Å². The van der Waals surface area contributed by atoms with Gasteiger partial charge in [-0.25, -0.2) is 0 Å². The van der Waals surface area contributed by atoms with Gasteiger partial charge in [0.05, 0.1) is 0 Å². The first-order valence-electron chi connectivity index (χ1n) is 16.6. The Labute approximate surface area is 269 Å². The molecule has 0 nitrogen and oxygen atoms in total. The standard InChI is InChI=1S/C45H44/c1-5-19-39(38-25-14-13-20-34(38)6-2)45-42-28-17-15-26-40(42)44(41-27-16-18-29-43(41)45)33(4)31-37(36-23-11-8-12-24-36)30-32(3)35-21-9-7-10-22-35/h7,9-11,13-21,23-31,35H,3,5-6,8,12,22H2,1-2,4H3/b33-31+,37-30+,39-19+. The van der Waals surface area contributed by atoms with Gasteiger partial charge in [0.2, 0.25) is 0 Å². The third-order valence-electron chi connectivity index (χ3n) is 9.19. The molecule has 0 bridgehead atoms. The second-order valence-corrected chi connectivity index (χ2v) is 12.2. The number of aryl methyl sites for hydroxylation is 1. The molecule has 4 aromatic carbocycles. The van der Waals surface area contributed by atoms with Crippen LogP contribution in [0, 0.1) is 5.92 Å². The van der Waals surface area contributed by atoms with Crippen LogP contribution < -0.4 is 0 Å². The molecule has 2 aliphatic carbocycles. The smallest absolute Gasteiger partial charge is 0.00500 e. The molecular weight excluding hydrogens is 540 g/mol. The SMILES string of the molecule is C=C(/C=C(\C=C(/C)c1c2ccccc2c(/C(=C/CC)c2ccccc2CC)c2ccccc12)C1=CCCC=C1)C1C=CC=CC1. The highest BCUT2D eigenvalue weighted by Crippen LogP contribution is 2.43. The number of hydrogen-bond acceptors (Lipinski definition) is 0. The first-order chi connectivity index (χ1) is 22.1. The van der Waals surface area contributed by atoms with E-state index in [4.69, 9.17) is 0 Å². The fourth-order valence-corrected chi connectivity index (χ4v) is 6.99. The normalized spacial score (nSPS) is 17.3. The monoisotopic (exact) mass is 584 g/mol. The zero-order valence-corrected chi connectivity index (χ0v) is 27.0. The molecule has 6 rings (SSSR count). The van der Waals surface area contributed by atoms with Crippen LogP contribution in [0.25, 0.3) is 32.7 Å². The van der Waals surface area contributed by atoms with Crippen molar-refractivity contribution in [3.8, 4) is 0 Å². The van der Waals surface area contributed by atoms with E-state index in [1.807, 2.05) is 0 Å². The summed E-state index contributed by atoms with van der Waals surface area (Å²) in [6, 6.07) is 27.0. The van der Waals surface area contributed by atoms with Crippen LogP contribution in [-0.4, -0.2) is 0 Å². The third-order valence-corrected chi connectivity index (χ3v) is 9.19. The number of allylic oxidation sites excluding steroid dienone is 14. The maximum atomic E-state index is 4.54. The summed E-state index contributed by atoms with van der Waals surface area (Å²) in [6.45, 7) is 11.3. The Bertz CT molecular complexity index is 1900. The molecule has 0 aliphatic heterocycles. The molecule has 0 saturated heterocycles. The second-order valence-electron chi connectivity index (χ2n) is 12.2. The predicted molar refractivity (Wildman–Crippen MR) is 198 cm³/mol. The van der Waals surface area contributed by atoms with Crippen molar-refractivity contribution < 1.29 is 0 Å². The molecule has 45 heavy (non-hydrogen) atoms. The van der Waals surface area contributed by atoms with Gasteiger partial charge in [0.1, 0.15) is 0 Å². The van der Waals surface area contributed by atoms with Gasteiger partial charge in [-0.2, -0.15) is 0 Å². The number of benzene rings is 4. The molecule has 1 atom stereocenters. The van der Waals surface area contributed by atoms with Crippen molar-refractivity contribution in [1.29, 1.82) is 0 Å². The Hall–Kier alpha value is -4.68. The van der Waals surface area contributed by atoms with Crippen LogP contribution in [0.1, 0.15) is 68.7 Å². The van der Waals surface area contributed by atoms with E-state index in [2.05, 4.69) is 161 Å². The van der Waals surface area contributed by atoms with Gasteiger partial charge in [0.25, 0.3) is 0 Å². The van der Waals surface area contributed by atoms with Crippen LogP contribution in [0.5, 0.6) is 0 Å². The highest BCUT2D eigenvalue weighted by Gasteiger charge is 2.20. The van der Waals surface area contributed by atoms with E-state index in [-0.39, 0.29) is 0 Å². The Morgan fingerprint density at radius 1 is 0.778 bits per heavy atom. The summed E-state index contributed by atoms with van der Waals surface area (Å²) >= 11 is 0. The lowest BCUT2D eigenvalue weighted by Gasteiger charge is -2.21. The van der Waals surface area contributed by atoms with Crippen LogP contribution in [0.4, 0.5) is 0 Å². The minimum atomic E-state index is 0.336. The summed E-state index contributed by atoms with van der Waals surface area (Å²) in [5.41, 5.74) is 11.6. The Morgan fingerprint density at radius 2 is 1.44 bits per heavy atom. The van der Waals surface area contributed by atoms with Gasteiger partial charge < -0.3 is 0 Å². The lowest BCUT2D eigenvalue weighted by Crippen LogP contribution is -2.01. The Kier molecular flexibility index (Phi) is 9.41. The molecule has 0 fully saturated rings. The van der Waals surface area contributed by atoms with E-state index in [0.717, 1.165) is 37.7 Å². The van der Waals surface area contributed by atoms with Gasteiger partial charge in [-0.3, -0.25) is 0 Å². The summed E-state index contributed by atoms with van der Waals surface area (Å²) in [6.07, 6.45) is 28.1. The maximum absolute atomic E-state index is 4.54. The molecule has 224 valence electrons. The van der Waals surface area contributed by atoms with E-state index >= 15 is 0 Å². The van der Waals surface area contributed by atoms with Crippen LogP contribution in [0.2, 0.25) is 0 Å². The van der Waals surface area contributed by atoms with Crippen molar-refractivity contribution in [2.24, 2.45) is 5.92 Å². The summed E-state index contributed by atoms with van der Waals surface area (Å²) < 4.78 is 0. The van der Waals surface area contributed by atoms with Gasteiger partial charge in [-0.05, 0) is 111 Å². The maximum Gasteiger partial charge on any atom is 0.00500 e. The van der Waals surface area contributed by atoms with E-state index in [1.54, 1.807) is 0 Å². The van der Waals surface area contributed by atoms with Gasteiger partial charge in [0, 0.05) is 5.92 Å². The molecule has 2 aliphatic rings. The average Bonchev–Trinajstić information content (AvgIpc) is 3.10. The van der Waals surface area contributed by atoms with E-state index in [9.17, 15) is 0 Å². The first kappa shape index (κ1) is 30.4. The highest BCUT2D eigenvalue weighted by atomic mass is 14.2. The number of hydrogen-bond donors (Lipinski definition) is 0. The molecule has 4 aromatic rings. The van der Waals surface area contributed by atoms with Crippen molar-refractivity contribution in [2.45, 2.75) is 52.9 Å². The predicted octanol–water partition coefficient (Wildman–Crippen LogP) is 12.7. The lowest BCUT2D eigenvalue weighted by atomic mass is 9.82. The zero-order valence-electron chi connectivity index (χ0n) is 27.0. The van der Waals surface area contributed by atoms with E-state index < -0.39 is 0 Å². The van der Waals surface area contributed by atoms with Gasteiger partial charge in [-0.1, -0.05) is 154 Å². The minimum Gasteiger partial charge on any atom is -0.0952 e. The molecule has 0 saturated carbocycles. The molecule has 0 aromatic heterocycles. The highest BCUT2D eigenvalue weighted by molar-refractivity contribution is 6.17. The van der Waals surface area contributed by atoms with E-state index in [0.29, 0.717) is 5.92 Å². The van der Waals surface area contributed by atoms with Gasteiger partial charge in [0.15, 0.2) is 0 Å². The Balaban J connectivity index is 1.59. The summed E-state index contributed by atoms with van der Waals surface area (Å²) in [7, 11) is 0. The topological polar surface area (TPSA) is 0 Å². The van der Waals surface area contributed by atoms with Crippen molar-refractivity contribution in [2.75, 3.05) is 0 Å². The molecular formula is C45H44.